The van der Waals surface area contributed by atoms with Crippen molar-refractivity contribution in [1.82, 2.24) is 9.78 Å². The molecule has 0 amide bonds. The van der Waals surface area contributed by atoms with Gasteiger partial charge in [-0.2, -0.15) is 5.10 Å². The van der Waals surface area contributed by atoms with Crippen LogP contribution in [0.2, 0.25) is 0 Å². The number of ether oxygens (including phenoxy) is 1. The van der Waals surface area contributed by atoms with Gasteiger partial charge in [0, 0.05) is 12.3 Å². The molecule has 1 aromatic heterocycles. The Bertz CT molecular complexity index is 234. The minimum Gasteiger partial charge on any atom is -0.382 e. The van der Waals surface area contributed by atoms with Crippen LogP contribution >= 0.6 is 0 Å². The molecule has 1 rings (SSSR count). The highest BCUT2D eigenvalue weighted by atomic mass is 16.5. The van der Waals surface area contributed by atoms with Gasteiger partial charge in [0.05, 0.1) is 6.10 Å². The Kier molecular flexibility index (Phi) is 3.10. The quantitative estimate of drug-likeness (QED) is 0.737. The first-order valence-corrected chi connectivity index (χ1v) is 4.13. The summed E-state index contributed by atoms with van der Waals surface area (Å²) in [4.78, 5) is 0. The highest BCUT2D eigenvalue weighted by molar-refractivity contribution is 5.23. The molecule has 1 unspecified atom stereocenters. The van der Waals surface area contributed by atoms with Gasteiger partial charge in [-0.1, -0.05) is 6.92 Å². The third-order valence-electron chi connectivity index (χ3n) is 1.73. The van der Waals surface area contributed by atoms with Crippen LogP contribution in [0.4, 0.5) is 5.82 Å². The summed E-state index contributed by atoms with van der Waals surface area (Å²) < 4.78 is 7.12. The van der Waals surface area contributed by atoms with E-state index >= 15 is 0 Å². The van der Waals surface area contributed by atoms with Crippen LogP contribution in [0.1, 0.15) is 20.3 Å². The summed E-state index contributed by atoms with van der Waals surface area (Å²) in [5.74, 6) is 0.530. The molecule has 12 heavy (non-hydrogen) atoms. The Morgan fingerprint density at radius 3 is 3.00 bits per heavy atom. The standard InChI is InChI=1S/C8H15N3O/c1-3-7(2)12-6-11-5-4-8(9)10-11/h4-5,7H,3,6H2,1-2H3,(H2,9,10). The fourth-order valence-corrected chi connectivity index (χ4v) is 0.771. The zero-order chi connectivity index (χ0) is 8.97. The Balaban J connectivity index is 2.33. The van der Waals surface area contributed by atoms with Gasteiger partial charge >= 0.3 is 0 Å². The first-order valence-electron chi connectivity index (χ1n) is 4.13. The maximum Gasteiger partial charge on any atom is 0.145 e. The van der Waals surface area contributed by atoms with Crippen molar-refractivity contribution < 1.29 is 4.74 Å². The lowest BCUT2D eigenvalue weighted by Gasteiger charge is -2.09. The molecule has 0 radical (unpaired) electrons. The smallest absolute Gasteiger partial charge is 0.145 e. The lowest BCUT2D eigenvalue weighted by molar-refractivity contribution is 0.0100. The molecular formula is C8H15N3O. The van der Waals surface area contributed by atoms with E-state index in [1.165, 1.54) is 0 Å². The van der Waals surface area contributed by atoms with Crippen LogP contribution in [0.5, 0.6) is 0 Å². The van der Waals surface area contributed by atoms with Crippen molar-refractivity contribution in [3.05, 3.63) is 12.3 Å². The molecule has 0 aliphatic heterocycles. The van der Waals surface area contributed by atoms with E-state index in [9.17, 15) is 0 Å². The Morgan fingerprint density at radius 1 is 1.75 bits per heavy atom. The lowest BCUT2D eigenvalue weighted by Crippen LogP contribution is -2.11. The molecule has 4 heteroatoms. The molecule has 0 bridgehead atoms. The highest BCUT2D eigenvalue weighted by Gasteiger charge is 1.98. The lowest BCUT2D eigenvalue weighted by atomic mass is 10.3. The number of hydrogen-bond donors (Lipinski definition) is 1. The second-order valence-corrected chi connectivity index (χ2v) is 2.79. The SMILES string of the molecule is CCC(C)OCn1ccc(N)n1. The van der Waals surface area contributed by atoms with Crippen LogP contribution in [0, 0.1) is 0 Å². The minimum absolute atomic E-state index is 0.274. The van der Waals surface area contributed by atoms with Gasteiger partial charge in [0.1, 0.15) is 12.5 Å². The van der Waals surface area contributed by atoms with E-state index in [0.717, 1.165) is 6.42 Å². The Hall–Kier alpha value is -1.03. The van der Waals surface area contributed by atoms with E-state index in [1.54, 1.807) is 16.9 Å². The maximum atomic E-state index is 5.44. The number of rotatable bonds is 4. The fraction of sp³-hybridized carbons (Fsp3) is 0.625. The minimum atomic E-state index is 0.274. The molecule has 4 nitrogen and oxygen atoms in total. The topological polar surface area (TPSA) is 53.1 Å². The molecule has 0 aliphatic rings. The predicted molar refractivity (Wildman–Crippen MR) is 47.5 cm³/mol. The zero-order valence-corrected chi connectivity index (χ0v) is 7.53. The summed E-state index contributed by atoms with van der Waals surface area (Å²) in [7, 11) is 0. The molecule has 1 aromatic rings. The molecule has 1 atom stereocenters. The van der Waals surface area contributed by atoms with Gasteiger partial charge < -0.3 is 10.5 Å². The van der Waals surface area contributed by atoms with Crippen molar-refractivity contribution in [2.24, 2.45) is 0 Å². The van der Waals surface area contributed by atoms with Gasteiger partial charge in [-0.15, -0.1) is 0 Å². The number of hydrogen-bond acceptors (Lipinski definition) is 3. The summed E-state index contributed by atoms with van der Waals surface area (Å²) >= 11 is 0. The zero-order valence-electron chi connectivity index (χ0n) is 7.53. The number of nitrogen functional groups attached to an aromatic ring is 1. The second-order valence-electron chi connectivity index (χ2n) is 2.79. The van der Waals surface area contributed by atoms with Gasteiger partial charge in [-0.25, -0.2) is 4.68 Å². The monoisotopic (exact) mass is 169 g/mol. The van der Waals surface area contributed by atoms with Crippen LogP contribution in [0.25, 0.3) is 0 Å². The van der Waals surface area contributed by atoms with Gasteiger partial charge in [-0.3, -0.25) is 0 Å². The fourth-order valence-electron chi connectivity index (χ4n) is 0.771. The van der Waals surface area contributed by atoms with E-state index in [4.69, 9.17) is 10.5 Å². The van der Waals surface area contributed by atoms with E-state index < -0.39 is 0 Å². The molecule has 0 aliphatic carbocycles. The van der Waals surface area contributed by atoms with E-state index in [2.05, 4.69) is 12.0 Å². The Labute approximate surface area is 72.3 Å². The molecule has 0 spiro atoms. The van der Waals surface area contributed by atoms with Crippen molar-refractivity contribution in [2.75, 3.05) is 5.73 Å². The van der Waals surface area contributed by atoms with Crippen LogP contribution in [0.3, 0.4) is 0 Å². The largest absolute Gasteiger partial charge is 0.382 e. The molecule has 0 fully saturated rings. The molecule has 0 aromatic carbocycles. The van der Waals surface area contributed by atoms with Gasteiger partial charge in [0.25, 0.3) is 0 Å². The van der Waals surface area contributed by atoms with E-state index in [0.29, 0.717) is 12.5 Å². The van der Waals surface area contributed by atoms with Crippen molar-refractivity contribution in [2.45, 2.75) is 33.1 Å². The van der Waals surface area contributed by atoms with Gasteiger partial charge in [0.15, 0.2) is 0 Å². The molecule has 68 valence electrons. The first kappa shape index (κ1) is 9.06. The summed E-state index contributed by atoms with van der Waals surface area (Å²) in [5.41, 5.74) is 5.43. The van der Waals surface area contributed by atoms with Gasteiger partial charge in [0.2, 0.25) is 0 Å². The first-order chi connectivity index (χ1) is 5.72. The van der Waals surface area contributed by atoms with Crippen LogP contribution in [0.15, 0.2) is 12.3 Å². The number of nitrogens with zero attached hydrogens (tertiary/aromatic N) is 2. The highest BCUT2D eigenvalue weighted by Crippen LogP contribution is 2.00. The van der Waals surface area contributed by atoms with E-state index in [-0.39, 0.29) is 6.10 Å². The van der Waals surface area contributed by atoms with E-state index in [1.807, 2.05) is 6.92 Å². The van der Waals surface area contributed by atoms with Crippen LogP contribution in [-0.4, -0.2) is 15.9 Å². The normalized spacial score (nSPS) is 13.2. The molecule has 2 N–H and O–H groups in total. The third-order valence-corrected chi connectivity index (χ3v) is 1.73. The average Bonchev–Trinajstić information content (AvgIpc) is 2.47. The average molecular weight is 169 g/mol. The molecule has 0 saturated carbocycles. The summed E-state index contributed by atoms with van der Waals surface area (Å²) in [6, 6.07) is 1.75. The third kappa shape index (κ3) is 2.54. The Morgan fingerprint density at radius 2 is 2.50 bits per heavy atom. The molecule has 0 saturated heterocycles. The summed E-state index contributed by atoms with van der Waals surface area (Å²) in [6.07, 6.45) is 3.09. The van der Waals surface area contributed by atoms with Crippen LogP contribution in [-0.2, 0) is 11.5 Å². The van der Waals surface area contributed by atoms with Gasteiger partial charge in [-0.05, 0) is 13.3 Å². The van der Waals surface area contributed by atoms with Crippen molar-refractivity contribution >= 4 is 5.82 Å². The number of anilines is 1. The predicted octanol–water partition coefficient (Wildman–Crippen LogP) is 1.24. The number of aromatic nitrogens is 2. The van der Waals surface area contributed by atoms with Crippen molar-refractivity contribution in [3.8, 4) is 0 Å². The molecule has 1 heterocycles. The second kappa shape index (κ2) is 4.11. The number of nitrogens with two attached hydrogens (primary N) is 1. The van der Waals surface area contributed by atoms with Crippen molar-refractivity contribution in [3.63, 3.8) is 0 Å². The van der Waals surface area contributed by atoms with Crippen molar-refractivity contribution in [1.29, 1.82) is 0 Å². The summed E-state index contributed by atoms with van der Waals surface area (Å²) in [6.45, 7) is 4.60. The summed E-state index contributed by atoms with van der Waals surface area (Å²) in [5, 5.41) is 3.99. The maximum absolute atomic E-state index is 5.44. The van der Waals surface area contributed by atoms with Crippen LogP contribution < -0.4 is 5.73 Å². The molecular weight excluding hydrogens is 154 g/mol.